The van der Waals surface area contributed by atoms with Crippen molar-refractivity contribution < 1.29 is 14.2 Å². The van der Waals surface area contributed by atoms with E-state index in [4.69, 9.17) is 27.1 Å². The molecule has 210 valence electrons. The summed E-state index contributed by atoms with van der Waals surface area (Å²) in [5, 5.41) is 14.5. The summed E-state index contributed by atoms with van der Waals surface area (Å²) >= 11 is 8.15. The van der Waals surface area contributed by atoms with E-state index in [-0.39, 0.29) is 40.3 Å². The number of rotatable bonds is 6. The minimum Gasteiger partial charge on any atom is -0.461 e. The molecule has 0 radical (unpaired) electrons. The van der Waals surface area contributed by atoms with E-state index in [1.165, 1.54) is 11.3 Å². The first-order chi connectivity index (χ1) is 19.5. The molecule has 40 heavy (non-hydrogen) atoms. The molecule has 0 amide bonds. The lowest BCUT2D eigenvalue weighted by Crippen LogP contribution is -2.47. The maximum Gasteiger partial charge on any atom is 0.319 e. The summed E-state index contributed by atoms with van der Waals surface area (Å²) in [6.45, 7) is 4.53. The Hall–Kier alpha value is -2.83. The van der Waals surface area contributed by atoms with E-state index in [1.54, 1.807) is 12.1 Å². The Bertz CT molecular complexity index is 1600. The van der Waals surface area contributed by atoms with Gasteiger partial charge in [0.2, 0.25) is 0 Å². The van der Waals surface area contributed by atoms with E-state index in [0.717, 1.165) is 63.1 Å². The fourth-order valence-corrected chi connectivity index (χ4v) is 7.82. The highest BCUT2D eigenvalue weighted by Gasteiger charge is 2.49. The van der Waals surface area contributed by atoms with Crippen molar-refractivity contribution in [2.75, 3.05) is 56.6 Å². The van der Waals surface area contributed by atoms with Crippen LogP contribution in [0.25, 0.3) is 32.2 Å². The number of piperazine rings is 1. The smallest absolute Gasteiger partial charge is 0.319 e. The minimum absolute atomic E-state index is 0.146. The third-order valence-corrected chi connectivity index (χ3v) is 9.83. The SMILES string of the molecule is Nc1nc2c(-c3c(Cl)cc4c(N5CCNCC5)nc(OC[C@]56CCCN5[C@@H](CO)CC6)nc4c3F)cccc2s1. The Labute approximate surface area is 240 Å². The van der Waals surface area contributed by atoms with Crippen LogP contribution < -0.4 is 20.7 Å². The van der Waals surface area contributed by atoms with Crippen LogP contribution in [0.5, 0.6) is 6.01 Å². The Morgan fingerprint density at radius 3 is 2.85 bits per heavy atom. The number of nitrogens with one attached hydrogen (secondary N) is 1. The number of nitrogen functional groups attached to an aromatic ring is 1. The average Bonchev–Trinajstić information content (AvgIpc) is 3.65. The molecule has 0 spiro atoms. The average molecular weight is 584 g/mol. The second-order valence-corrected chi connectivity index (χ2v) is 12.4. The first kappa shape index (κ1) is 26.1. The number of fused-ring (bicyclic) bond motifs is 3. The predicted octanol–water partition coefficient (Wildman–Crippen LogP) is 4.06. The Balaban J connectivity index is 1.34. The largest absolute Gasteiger partial charge is 0.461 e. The molecule has 9 nitrogen and oxygen atoms in total. The molecule has 4 aromatic rings. The number of benzene rings is 2. The molecule has 2 atom stereocenters. The van der Waals surface area contributed by atoms with Crippen LogP contribution in [-0.4, -0.2) is 82.5 Å². The molecule has 2 aromatic carbocycles. The van der Waals surface area contributed by atoms with Crippen LogP contribution in [0.1, 0.15) is 25.7 Å². The van der Waals surface area contributed by atoms with Crippen molar-refractivity contribution in [3.8, 4) is 17.1 Å². The Kier molecular flexibility index (Phi) is 6.67. The van der Waals surface area contributed by atoms with Crippen molar-refractivity contribution in [2.24, 2.45) is 0 Å². The number of ether oxygens (including phenoxy) is 1. The van der Waals surface area contributed by atoms with Crippen molar-refractivity contribution in [1.82, 2.24) is 25.2 Å². The number of nitrogens with two attached hydrogens (primary N) is 1. The molecule has 3 fully saturated rings. The van der Waals surface area contributed by atoms with Gasteiger partial charge in [0.25, 0.3) is 0 Å². The molecule has 3 aliphatic heterocycles. The number of hydrogen-bond donors (Lipinski definition) is 3. The van der Waals surface area contributed by atoms with E-state index < -0.39 is 5.82 Å². The number of thiazole rings is 1. The summed E-state index contributed by atoms with van der Waals surface area (Å²) in [5.41, 5.74) is 7.42. The highest BCUT2D eigenvalue weighted by atomic mass is 35.5. The van der Waals surface area contributed by atoms with Crippen molar-refractivity contribution in [1.29, 1.82) is 0 Å². The molecule has 12 heteroatoms. The Morgan fingerprint density at radius 2 is 2.02 bits per heavy atom. The molecule has 3 saturated heterocycles. The van der Waals surface area contributed by atoms with Gasteiger partial charge in [-0.1, -0.05) is 35.1 Å². The molecule has 0 aliphatic carbocycles. The molecular formula is C28H31ClFN7O2S. The lowest BCUT2D eigenvalue weighted by Gasteiger charge is -2.34. The monoisotopic (exact) mass is 583 g/mol. The molecule has 5 heterocycles. The van der Waals surface area contributed by atoms with Crippen LogP contribution in [0.3, 0.4) is 0 Å². The van der Waals surface area contributed by atoms with Crippen LogP contribution in [0.2, 0.25) is 5.02 Å². The molecule has 4 N–H and O–H groups in total. The standard InChI is InChI=1S/C28H31ClFN7O2S/c29-19-13-18-24(22(30)21(19)17-3-1-4-20-23(17)33-26(31)40-20)34-27(35-25(18)36-11-8-32-9-12-36)39-15-28-6-2-10-37(28)16(14-38)5-7-28/h1,3-4,13,16,32,38H,2,5-12,14-15H2,(H2,31,33)/t16-,28-/m1/s1. The van der Waals surface area contributed by atoms with E-state index in [9.17, 15) is 5.11 Å². The van der Waals surface area contributed by atoms with E-state index in [1.807, 2.05) is 12.1 Å². The number of anilines is 2. The maximum atomic E-state index is 16.6. The fraction of sp³-hybridized carbons (Fsp3) is 0.464. The van der Waals surface area contributed by atoms with Crippen LogP contribution in [0.4, 0.5) is 15.3 Å². The van der Waals surface area contributed by atoms with Crippen LogP contribution >= 0.6 is 22.9 Å². The van der Waals surface area contributed by atoms with Gasteiger partial charge in [-0.25, -0.2) is 9.37 Å². The number of aliphatic hydroxyl groups is 1. The number of aliphatic hydroxyl groups excluding tert-OH is 1. The van der Waals surface area contributed by atoms with Crippen molar-refractivity contribution in [3.05, 3.63) is 35.1 Å². The highest BCUT2D eigenvalue weighted by molar-refractivity contribution is 7.22. The van der Waals surface area contributed by atoms with Crippen molar-refractivity contribution in [2.45, 2.75) is 37.3 Å². The van der Waals surface area contributed by atoms with E-state index >= 15 is 4.39 Å². The number of nitrogens with zero attached hydrogens (tertiary/aromatic N) is 5. The number of halogens is 2. The van der Waals surface area contributed by atoms with Gasteiger partial charge in [0.1, 0.15) is 17.9 Å². The van der Waals surface area contributed by atoms with Gasteiger partial charge in [-0.15, -0.1) is 0 Å². The number of para-hydroxylation sites is 1. The van der Waals surface area contributed by atoms with Gasteiger partial charge in [0, 0.05) is 48.7 Å². The fourth-order valence-electron chi connectivity index (χ4n) is 6.76. The van der Waals surface area contributed by atoms with E-state index in [0.29, 0.717) is 34.0 Å². The van der Waals surface area contributed by atoms with Crippen molar-refractivity contribution in [3.63, 3.8) is 0 Å². The molecule has 2 aromatic heterocycles. The first-order valence-corrected chi connectivity index (χ1v) is 15.0. The van der Waals surface area contributed by atoms with Crippen molar-refractivity contribution >= 4 is 55.0 Å². The Morgan fingerprint density at radius 1 is 1.18 bits per heavy atom. The zero-order chi connectivity index (χ0) is 27.4. The maximum absolute atomic E-state index is 16.6. The third kappa shape index (κ3) is 4.26. The van der Waals surface area contributed by atoms with E-state index in [2.05, 4.69) is 25.1 Å². The normalized spacial score (nSPS) is 23.4. The topological polar surface area (TPSA) is 113 Å². The second kappa shape index (κ2) is 10.2. The van der Waals surface area contributed by atoms with Gasteiger partial charge in [-0.2, -0.15) is 9.97 Å². The molecule has 3 aliphatic rings. The lowest BCUT2D eigenvalue weighted by molar-refractivity contribution is 0.0644. The van der Waals surface area contributed by atoms with Gasteiger partial charge in [0.15, 0.2) is 10.9 Å². The number of hydrogen-bond acceptors (Lipinski definition) is 10. The third-order valence-electron chi connectivity index (χ3n) is 8.68. The van der Waals surface area contributed by atoms with Gasteiger partial charge < -0.3 is 25.8 Å². The molecular weight excluding hydrogens is 553 g/mol. The van der Waals surface area contributed by atoms with Crippen LogP contribution in [-0.2, 0) is 0 Å². The zero-order valence-corrected chi connectivity index (χ0v) is 23.6. The number of aromatic nitrogens is 3. The summed E-state index contributed by atoms with van der Waals surface area (Å²) in [6, 6.07) is 7.63. The quantitative estimate of drug-likeness (QED) is 0.309. The summed E-state index contributed by atoms with van der Waals surface area (Å²) in [6.07, 6.45) is 3.95. The van der Waals surface area contributed by atoms with Crippen LogP contribution in [0.15, 0.2) is 24.3 Å². The summed E-state index contributed by atoms with van der Waals surface area (Å²) in [4.78, 5) is 18.4. The van der Waals surface area contributed by atoms with Gasteiger partial charge >= 0.3 is 6.01 Å². The lowest BCUT2D eigenvalue weighted by atomic mass is 9.95. The molecule has 0 saturated carbocycles. The second-order valence-electron chi connectivity index (χ2n) is 10.9. The molecule has 0 bridgehead atoms. The zero-order valence-electron chi connectivity index (χ0n) is 22.0. The summed E-state index contributed by atoms with van der Waals surface area (Å²) in [7, 11) is 0. The van der Waals surface area contributed by atoms with Gasteiger partial charge in [-0.05, 0) is 44.4 Å². The molecule has 7 rings (SSSR count). The minimum atomic E-state index is -0.535. The van der Waals surface area contributed by atoms with Gasteiger partial charge in [0.05, 0.1) is 27.4 Å². The molecule has 0 unspecified atom stereocenters. The summed E-state index contributed by atoms with van der Waals surface area (Å²) < 4.78 is 23.8. The summed E-state index contributed by atoms with van der Waals surface area (Å²) in [5.74, 6) is 0.0810. The highest BCUT2D eigenvalue weighted by Crippen LogP contribution is 2.44. The van der Waals surface area contributed by atoms with Gasteiger partial charge in [-0.3, -0.25) is 4.90 Å². The predicted molar refractivity (Wildman–Crippen MR) is 157 cm³/mol. The first-order valence-electron chi connectivity index (χ1n) is 13.8. The van der Waals surface area contributed by atoms with Crippen LogP contribution in [0, 0.1) is 5.82 Å².